The molecule has 0 bridgehead atoms. The Morgan fingerprint density at radius 2 is 1.88 bits per heavy atom. The first-order valence-corrected chi connectivity index (χ1v) is 5.89. The Balaban J connectivity index is 2.73. The Labute approximate surface area is 99.4 Å². The summed E-state index contributed by atoms with van der Waals surface area (Å²) >= 11 is 0. The van der Waals surface area contributed by atoms with E-state index in [1.54, 1.807) is 13.8 Å². The Hall–Kier alpha value is -0.780. The number of nitrogens with zero attached hydrogens (tertiary/aromatic N) is 1. The van der Waals surface area contributed by atoms with E-state index in [2.05, 4.69) is 5.32 Å². The van der Waals surface area contributed by atoms with E-state index in [1.807, 2.05) is 0 Å². The molecule has 1 rings (SSSR count). The van der Waals surface area contributed by atoms with Gasteiger partial charge >= 0.3 is 6.18 Å². The van der Waals surface area contributed by atoms with Crippen molar-refractivity contribution in [3.63, 3.8) is 0 Å². The first-order chi connectivity index (χ1) is 7.81. The molecule has 1 saturated heterocycles. The molecule has 1 aliphatic rings. The van der Waals surface area contributed by atoms with Gasteiger partial charge in [0.25, 0.3) is 0 Å². The highest BCUT2D eigenvalue weighted by Crippen LogP contribution is 2.22. The number of hydrogen-bond donors (Lipinski definition) is 1. The number of rotatable bonds is 3. The van der Waals surface area contributed by atoms with E-state index in [1.165, 1.54) is 0 Å². The summed E-state index contributed by atoms with van der Waals surface area (Å²) in [5, 5.41) is 3.08. The standard InChI is InChI=1S/C11H19F3N2O/c1-8(2)10(17)16(7-11(12,13)14)9-3-5-15-6-4-9/h8-9,15H,3-7H2,1-2H3. The van der Waals surface area contributed by atoms with Gasteiger partial charge in [-0.25, -0.2) is 0 Å². The lowest BCUT2D eigenvalue weighted by molar-refractivity contribution is -0.168. The van der Waals surface area contributed by atoms with E-state index in [0.717, 1.165) is 4.90 Å². The molecular weight excluding hydrogens is 233 g/mol. The van der Waals surface area contributed by atoms with Gasteiger partial charge in [0.1, 0.15) is 6.54 Å². The lowest BCUT2D eigenvalue weighted by Crippen LogP contribution is -2.50. The molecule has 0 saturated carbocycles. The summed E-state index contributed by atoms with van der Waals surface area (Å²) in [6.07, 6.45) is -3.14. The third-order valence-corrected chi connectivity index (χ3v) is 2.88. The third kappa shape index (κ3) is 4.53. The molecule has 1 heterocycles. The van der Waals surface area contributed by atoms with Gasteiger partial charge in [-0.3, -0.25) is 4.79 Å². The average molecular weight is 252 g/mol. The number of carbonyl (C=O) groups excluding carboxylic acids is 1. The molecule has 0 atom stereocenters. The van der Waals surface area contributed by atoms with Crippen LogP contribution in [-0.4, -0.2) is 42.7 Å². The lowest BCUT2D eigenvalue weighted by atomic mass is 10.0. The van der Waals surface area contributed by atoms with Gasteiger partial charge in [0.05, 0.1) is 0 Å². The van der Waals surface area contributed by atoms with Crippen LogP contribution in [0.2, 0.25) is 0 Å². The molecule has 0 spiro atoms. The maximum atomic E-state index is 12.5. The molecule has 0 radical (unpaired) electrons. The summed E-state index contributed by atoms with van der Waals surface area (Å²) < 4.78 is 37.4. The number of amides is 1. The van der Waals surface area contributed by atoms with Crippen LogP contribution in [0.4, 0.5) is 13.2 Å². The highest BCUT2D eigenvalue weighted by atomic mass is 19.4. The third-order valence-electron chi connectivity index (χ3n) is 2.88. The fourth-order valence-electron chi connectivity index (χ4n) is 2.03. The van der Waals surface area contributed by atoms with E-state index in [-0.39, 0.29) is 6.04 Å². The number of halogens is 3. The van der Waals surface area contributed by atoms with Crippen molar-refractivity contribution in [3.05, 3.63) is 0 Å². The molecule has 1 fully saturated rings. The molecule has 0 aromatic carbocycles. The molecule has 1 N–H and O–H groups in total. The van der Waals surface area contributed by atoms with Crippen molar-refractivity contribution in [2.24, 2.45) is 5.92 Å². The monoisotopic (exact) mass is 252 g/mol. The number of nitrogens with one attached hydrogen (secondary N) is 1. The molecule has 0 aromatic rings. The Morgan fingerprint density at radius 3 is 2.29 bits per heavy atom. The van der Waals surface area contributed by atoms with Gasteiger partial charge in [-0.05, 0) is 25.9 Å². The van der Waals surface area contributed by atoms with Crippen LogP contribution in [0.3, 0.4) is 0 Å². The summed E-state index contributed by atoms with van der Waals surface area (Å²) in [6.45, 7) is 3.48. The molecule has 0 aromatic heterocycles. The molecule has 3 nitrogen and oxygen atoms in total. The summed E-state index contributed by atoms with van der Waals surface area (Å²) in [7, 11) is 0. The molecule has 17 heavy (non-hydrogen) atoms. The van der Waals surface area contributed by atoms with Crippen LogP contribution in [0, 0.1) is 5.92 Å². The van der Waals surface area contributed by atoms with E-state index in [4.69, 9.17) is 0 Å². The Morgan fingerprint density at radius 1 is 1.35 bits per heavy atom. The van der Waals surface area contributed by atoms with Crippen molar-refractivity contribution in [3.8, 4) is 0 Å². The van der Waals surface area contributed by atoms with Gasteiger partial charge in [-0.15, -0.1) is 0 Å². The van der Waals surface area contributed by atoms with E-state index in [9.17, 15) is 18.0 Å². The fourth-order valence-corrected chi connectivity index (χ4v) is 2.03. The van der Waals surface area contributed by atoms with Crippen LogP contribution >= 0.6 is 0 Å². The van der Waals surface area contributed by atoms with Crippen molar-refractivity contribution >= 4 is 5.91 Å². The maximum Gasteiger partial charge on any atom is 0.406 e. The van der Waals surface area contributed by atoms with Gasteiger partial charge in [-0.1, -0.05) is 13.8 Å². The predicted molar refractivity (Wildman–Crippen MR) is 58.5 cm³/mol. The molecule has 1 amide bonds. The molecular formula is C11H19F3N2O. The van der Waals surface area contributed by atoms with Gasteiger partial charge in [0, 0.05) is 12.0 Å². The quantitative estimate of drug-likeness (QED) is 0.830. The minimum atomic E-state index is -4.32. The second-order valence-electron chi connectivity index (χ2n) is 4.72. The van der Waals surface area contributed by atoms with Crippen molar-refractivity contribution in [1.29, 1.82) is 0 Å². The van der Waals surface area contributed by atoms with Gasteiger partial charge in [-0.2, -0.15) is 13.2 Å². The highest BCUT2D eigenvalue weighted by Gasteiger charge is 2.37. The maximum absolute atomic E-state index is 12.5. The molecule has 0 unspecified atom stereocenters. The zero-order valence-electron chi connectivity index (χ0n) is 10.2. The molecule has 0 aliphatic carbocycles. The summed E-state index contributed by atoms with van der Waals surface area (Å²) in [5.41, 5.74) is 0. The van der Waals surface area contributed by atoms with Crippen molar-refractivity contribution in [2.45, 2.75) is 38.9 Å². The topological polar surface area (TPSA) is 32.3 Å². The van der Waals surface area contributed by atoms with Crippen molar-refractivity contribution < 1.29 is 18.0 Å². The van der Waals surface area contributed by atoms with Gasteiger partial charge in [0.15, 0.2) is 0 Å². The van der Waals surface area contributed by atoms with Crippen LogP contribution in [0.25, 0.3) is 0 Å². The first-order valence-electron chi connectivity index (χ1n) is 5.89. The second-order valence-corrected chi connectivity index (χ2v) is 4.72. The normalized spacial score (nSPS) is 18.5. The van der Waals surface area contributed by atoms with Crippen LogP contribution in [-0.2, 0) is 4.79 Å². The predicted octanol–water partition coefficient (Wildman–Crippen LogP) is 1.79. The zero-order valence-corrected chi connectivity index (χ0v) is 10.2. The first kappa shape index (κ1) is 14.3. The van der Waals surface area contributed by atoms with Crippen LogP contribution in [0.15, 0.2) is 0 Å². The van der Waals surface area contributed by atoms with Gasteiger partial charge in [0.2, 0.25) is 5.91 Å². The zero-order chi connectivity index (χ0) is 13.1. The Kier molecular flexibility index (Phi) is 4.80. The number of carbonyl (C=O) groups is 1. The number of hydrogen-bond acceptors (Lipinski definition) is 2. The van der Waals surface area contributed by atoms with Gasteiger partial charge < -0.3 is 10.2 Å². The number of piperidine rings is 1. The minimum absolute atomic E-state index is 0.284. The largest absolute Gasteiger partial charge is 0.406 e. The summed E-state index contributed by atoms with van der Waals surface area (Å²) in [4.78, 5) is 12.8. The summed E-state index contributed by atoms with van der Waals surface area (Å²) in [6, 6.07) is -0.284. The van der Waals surface area contributed by atoms with E-state index < -0.39 is 24.5 Å². The van der Waals surface area contributed by atoms with Crippen molar-refractivity contribution in [2.75, 3.05) is 19.6 Å². The van der Waals surface area contributed by atoms with E-state index in [0.29, 0.717) is 25.9 Å². The fraction of sp³-hybridized carbons (Fsp3) is 0.909. The smallest absolute Gasteiger partial charge is 0.330 e. The van der Waals surface area contributed by atoms with Crippen molar-refractivity contribution in [1.82, 2.24) is 10.2 Å². The molecule has 100 valence electrons. The lowest BCUT2D eigenvalue weighted by Gasteiger charge is -2.36. The molecule has 1 aliphatic heterocycles. The Bertz CT molecular complexity index is 260. The van der Waals surface area contributed by atoms with E-state index >= 15 is 0 Å². The van der Waals surface area contributed by atoms with Crippen LogP contribution in [0.5, 0.6) is 0 Å². The summed E-state index contributed by atoms with van der Waals surface area (Å²) in [5.74, 6) is -0.804. The average Bonchev–Trinajstić information content (AvgIpc) is 2.25. The van der Waals surface area contributed by atoms with Crippen LogP contribution in [0.1, 0.15) is 26.7 Å². The number of alkyl halides is 3. The minimum Gasteiger partial charge on any atom is -0.330 e. The molecule has 6 heteroatoms. The highest BCUT2D eigenvalue weighted by molar-refractivity contribution is 5.78. The SMILES string of the molecule is CC(C)C(=O)N(CC(F)(F)F)C1CCNCC1. The second kappa shape index (κ2) is 5.71. The van der Waals surface area contributed by atoms with Crippen LogP contribution < -0.4 is 5.32 Å².